The Balaban J connectivity index is 4.64. The fourth-order valence-electron chi connectivity index (χ4n) is 1.70. The lowest BCUT2D eigenvalue weighted by Gasteiger charge is -2.23. The molecule has 0 aliphatic carbocycles. The fraction of sp³-hybridized carbons (Fsp3) is 0.611. The molecule has 0 radical (unpaired) electrons. The first-order chi connectivity index (χ1) is 11.7. The van der Waals surface area contributed by atoms with Crippen molar-refractivity contribution in [1.29, 1.82) is 0 Å². The summed E-state index contributed by atoms with van der Waals surface area (Å²) in [6.07, 6.45) is 9.30. The van der Waals surface area contributed by atoms with Crippen molar-refractivity contribution in [1.82, 2.24) is 16.0 Å². The average Bonchev–Trinajstić information content (AvgIpc) is 2.50. The van der Waals surface area contributed by atoms with E-state index < -0.39 is 23.6 Å². The summed E-state index contributed by atoms with van der Waals surface area (Å²) in [7, 11) is 0. The van der Waals surface area contributed by atoms with Gasteiger partial charge in [-0.1, -0.05) is 0 Å². The minimum absolute atomic E-state index is 0.0284. The summed E-state index contributed by atoms with van der Waals surface area (Å²) in [4.78, 5) is 35.8. The zero-order chi connectivity index (χ0) is 19.3. The zero-order valence-electron chi connectivity index (χ0n) is 15.1. The van der Waals surface area contributed by atoms with Gasteiger partial charge in [0.05, 0.1) is 0 Å². The first-order valence-corrected chi connectivity index (χ1v) is 8.09. The van der Waals surface area contributed by atoms with Gasteiger partial charge >= 0.3 is 6.09 Å². The number of hydrogen-bond acceptors (Lipinski definition) is 4. The van der Waals surface area contributed by atoms with Gasteiger partial charge in [0.15, 0.2) is 6.10 Å². The van der Waals surface area contributed by atoms with Crippen LogP contribution in [-0.4, -0.2) is 42.6 Å². The lowest BCUT2D eigenvalue weighted by Crippen LogP contribution is -2.46. The van der Waals surface area contributed by atoms with Crippen LogP contribution in [0.3, 0.4) is 0 Å². The molecule has 0 aromatic heterocycles. The number of carbonyl (C=O) groups excluding carboxylic acids is 3. The summed E-state index contributed by atoms with van der Waals surface area (Å²) < 4.78 is 5.17. The normalized spacial score (nSPS) is 11.4. The standard InChI is InChI=1S/C18H27N3O4/c1-6-8-12-19-15(22)11-10-14(16(23)20-13-9-7-2)25-17(24)21-18(3,4)5/h1-2,14H,8-13H2,3-5H3,(H,19,22)(H,20,23)(H,21,24)/t14-/m1/s1. The minimum Gasteiger partial charge on any atom is -0.436 e. The van der Waals surface area contributed by atoms with Crippen molar-refractivity contribution in [3.05, 3.63) is 0 Å². The number of alkyl carbamates (subject to hydrolysis) is 1. The highest BCUT2D eigenvalue weighted by Crippen LogP contribution is 2.06. The SMILES string of the molecule is C#CCCNC(=O)CC[C@@H](OC(=O)NC(C)(C)C)C(=O)NCCC#C. The highest BCUT2D eigenvalue weighted by atomic mass is 16.6. The second-order valence-electron chi connectivity index (χ2n) is 6.36. The Labute approximate surface area is 149 Å². The molecule has 0 aliphatic heterocycles. The molecular formula is C18H27N3O4. The van der Waals surface area contributed by atoms with Crippen LogP contribution in [0.5, 0.6) is 0 Å². The van der Waals surface area contributed by atoms with Crippen LogP contribution >= 0.6 is 0 Å². The van der Waals surface area contributed by atoms with Crippen LogP contribution in [0, 0.1) is 24.7 Å². The number of hydrogen-bond donors (Lipinski definition) is 3. The van der Waals surface area contributed by atoms with E-state index in [2.05, 4.69) is 27.8 Å². The molecule has 138 valence electrons. The third-order valence-corrected chi connectivity index (χ3v) is 2.81. The monoisotopic (exact) mass is 349 g/mol. The van der Waals surface area contributed by atoms with Gasteiger partial charge in [-0.3, -0.25) is 9.59 Å². The number of amides is 3. The number of ether oxygens (including phenoxy) is 1. The number of nitrogens with one attached hydrogen (secondary N) is 3. The third kappa shape index (κ3) is 12.4. The van der Waals surface area contributed by atoms with Gasteiger partial charge in [-0.15, -0.1) is 24.7 Å². The molecule has 0 rings (SSSR count). The van der Waals surface area contributed by atoms with Crippen molar-refractivity contribution in [2.24, 2.45) is 0 Å². The summed E-state index contributed by atoms with van der Waals surface area (Å²) in [5, 5.41) is 7.81. The summed E-state index contributed by atoms with van der Waals surface area (Å²) in [5.41, 5.74) is -0.506. The molecule has 0 saturated carbocycles. The van der Waals surface area contributed by atoms with Crippen LogP contribution in [0.2, 0.25) is 0 Å². The molecule has 1 atom stereocenters. The predicted molar refractivity (Wildman–Crippen MR) is 95.3 cm³/mol. The molecule has 0 aromatic rings. The molecule has 3 N–H and O–H groups in total. The Bertz CT molecular complexity index is 538. The van der Waals surface area contributed by atoms with E-state index in [1.165, 1.54) is 0 Å². The molecule has 3 amide bonds. The third-order valence-electron chi connectivity index (χ3n) is 2.81. The molecule has 7 nitrogen and oxygen atoms in total. The maximum absolute atomic E-state index is 12.1. The molecule has 0 fully saturated rings. The van der Waals surface area contributed by atoms with Crippen LogP contribution in [-0.2, 0) is 14.3 Å². The van der Waals surface area contributed by atoms with E-state index >= 15 is 0 Å². The highest BCUT2D eigenvalue weighted by Gasteiger charge is 2.25. The molecule has 0 aliphatic rings. The van der Waals surface area contributed by atoms with E-state index in [0.717, 1.165) is 0 Å². The van der Waals surface area contributed by atoms with Crippen molar-refractivity contribution in [2.75, 3.05) is 13.1 Å². The first kappa shape index (κ1) is 22.3. The van der Waals surface area contributed by atoms with Crippen molar-refractivity contribution in [3.63, 3.8) is 0 Å². The summed E-state index contributed by atoms with van der Waals surface area (Å²) in [6.45, 7) is 5.99. The Hall–Kier alpha value is -2.67. The Kier molecular flexibility index (Phi) is 10.5. The summed E-state index contributed by atoms with van der Waals surface area (Å²) in [6, 6.07) is 0. The Morgan fingerprint density at radius 2 is 1.60 bits per heavy atom. The molecule has 0 unspecified atom stereocenters. The summed E-state index contributed by atoms with van der Waals surface area (Å²) in [5.74, 6) is 4.05. The Morgan fingerprint density at radius 1 is 1.04 bits per heavy atom. The minimum atomic E-state index is -1.08. The number of terminal acetylenes is 2. The number of rotatable bonds is 9. The molecule has 0 spiro atoms. The largest absolute Gasteiger partial charge is 0.436 e. The van der Waals surface area contributed by atoms with E-state index in [-0.39, 0.29) is 25.3 Å². The molecule has 0 heterocycles. The van der Waals surface area contributed by atoms with Gasteiger partial charge in [-0.05, 0) is 20.8 Å². The van der Waals surface area contributed by atoms with Gasteiger partial charge in [-0.2, -0.15) is 0 Å². The van der Waals surface area contributed by atoms with Crippen LogP contribution in [0.15, 0.2) is 0 Å². The smallest absolute Gasteiger partial charge is 0.408 e. The lowest BCUT2D eigenvalue weighted by atomic mass is 10.1. The molecule has 0 bridgehead atoms. The number of carbonyl (C=O) groups is 3. The topological polar surface area (TPSA) is 96.5 Å². The second-order valence-corrected chi connectivity index (χ2v) is 6.36. The van der Waals surface area contributed by atoms with Gasteiger partial charge in [0.2, 0.25) is 5.91 Å². The van der Waals surface area contributed by atoms with Crippen LogP contribution in [0.25, 0.3) is 0 Å². The van der Waals surface area contributed by atoms with E-state index in [4.69, 9.17) is 17.6 Å². The Morgan fingerprint density at radius 3 is 2.12 bits per heavy atom. The van der Waals surface area contributed by atoms with Crippen LogP contribution in [0.4, 0.5) is 4.79 Å². The van der Waals surface area contributed by atoms with Crippen molar-refractivity contribution in [2.45, 2.75) is 58.1 Å². The van der Waals surface area contributed by atoms with Crippen molar-refractivity contribution < 1.29 is 19.1 Å². The average molecular weight is 349 g/mol. The highest BCUT2D eigenvalue weighted by molar-refractivity contribution is 5.84. The van der Waals surface area contributed by atoms with Gasteiger partial charge < -0.3 is 20.7 Å². The zero-order valence-corrected chi connectivity index (χ0v) is 15.1. The maximum Gasteiger partial charge on any atom is 0.408 e. The quantitative estimate of drug-likeness (QED) is 0.426. The van der Waals surface area contributed by atoms with Gasteiger partial charge in [0, 0.05) is 44.3 Å². The van der Waals surface area contributed by atoms with Gasteiger partial charge in [-0.25, -0.2) is 4.79 Å². The van der Waals surface area contributed by atoms with Crippen molar-refractivity contribution in [3.8, 4) is 24.7 Å². The van der Waals surface area contributed by atoms with Gasteiger partial charge in [0.25, 0.3) is 5.91 Å². The van der Waals surface area contributed by atoms with E-state index in [1.54, 1.807) is 20.8 Å². The van der Waals surface area contributed by atoms with Crippen molar-refractivity contribution >= 4 is 17.9 Å². The molecule has 0 saturated heterocycles. The first-order valence-electron chi connectivity index (χ1n) is 8.09. The molecule has 0 aromatic carbocycles. The molecular weight excluding hydrogens is 322 g/mol. The predicted octanol–water partition coefficient (Wildman–Crippen LogP) is 0.939. The van der Waals surface area contributed by atoms with E-state index in [0.29, 0.717) is 19.4 Å². The second kappa shape index (κ2) is 11.8. The van der Waals surface area contributed by atoms with Crippen LogP contribution < -0.4 is 16.0 Å². The maximum atomic E-state index is 12.1. The molecule has 7 heteroatoms. The lowest BCUT2D eigenvalue weighted by molar-refractivity contribution is -0.130. The molecule has 25 heavy (non-hydrogen) atoms. The summed E-state index contributed by atoms with van der Waals surface area (Å²) >= 11 is 0. The van der Waals surface area contributed by atoms with E-state index in [1.807, 2.05) is 0 Å². The van der Waals surface area contributed by atoms with E-state index in [9.17, 15) is 14.4 Å². The van der Waals surface area contributed by atoms with Gasteiger partial charge in [0.1, 0.15) is 0 Å². The van der Waals surface area contributed by atoms with Crippen LogP contribution in [0.1, 0.15) is 46.5 Å². The fourth-order valence-corrected chi connectivity index (χ4v) is 1.70.